The molecule has 1 amide bonds. The third-order valence-electron chi connectivity index (χ3n) is 6.62. The maximum absolute atomic E-state index is 13.7. The molecule has 178 valence electrons. The number of hydrogen-bond donors (Lipinski definition) is 0. The van der Waals surface area contributed by atoms with Crippen LogP contribution in [0.2, 0.25) is 0 Å². The van der Waals surface area contributed by atoms with E-state index in [9.17, 15) is 4.79 Å². The summed E-state index contributed by atoms with van der Waals surface area (Å²) >= 11 is 0. The first-order valence-electron chi connectivity index (χ1n) is 11.3. The predicted molar refractivity (Wildman–Crippen MR) is 136 cm³/mol. The fourth-order valence-electron chi connectivity index (χ4n) is 4.85. The molecule has 1 fully saturated rings. The summed E-state index contributed by atoms with van der Waals surface area (Å²) in [6, 6.07) is 25.7. The number of ether oxygens (including phenoxy) is 4. The van der Waals surface area contributed by atoms with Gasteiger partial charge in [-0.3, -0.25) is 4.79 Å². The highest BCUT2D eigenvalue weighted by molar-refractivity contribution is 6.07. The Bertz CT molecular complexity index is 1360. The molecule has 0 spiro atoms. The minimum atomic E-state index is -0.327. The van der Waals surface area contributed by atoms with Crippen molar-refractivity contribution in [2.24, 2.45) is 0 Å². The van der Waals surface area contributed by atoms with E-state index in [1.165, 1.54) is 0 Å². The third-order valence-corrected chi connectivity index (χ3v) is 6.62. The fourth-order valence-corrected chi connectivity index (χ4v) is 4.85. The van der Waals surface area contributed by atoms with Crippen molar-refractivity contribution in [3.63, 3.8) is 0 Å². The molecule has 6 nitrogen and oxygen atoms in total. The molecule has 1 aliphatic heterocycles. The Hall–Kier alpha value is -4.19. The third kappa shape index (κ3) is 3.81. The molecule has 2 atom stereocenters. The highest BCUT2D eigenvalue weighted by Gasteiger charge is 2.50. The second kappa shape index (κ2) is 9.22. The van der Waals surface area contributed by atoms with Crippen molar-refractivity contribution >= 4 is 22.4 Å². The van der Waals surface area contributed by atoms with Crippen LogP contribution in [0.3, 0.4) is 0 Å². The van der Waals surface area contributed by atoms with E-state index in [4.69, 9.17) is 18.9 Å². The van der Waals surface area contributed by atoms with E-state index in [1.54, 1.807) is 33.3 Å². The minimum absolute atomic E-state index is 0.00960. The number of benzene rings is 4. The van der Waals surface area contributed by atoms with Gasteiger partial charge in [-0.1, -0.05) is 54.6 Å². The molecule has 0 aliphatic carbocycles. The molecular formula is C29H27NO5. The Morgan fingerprint density at radius 3 is 1.89 bits per heavy atom. The van der Waals surface area contributed by atoms with Crippen LogP contribution in [0.5, 0.6) is 23.0 Å². The van der Waals surface area contributed by atoms with E-state index in [-0.39, 0.29) is 17.9 Å². The van der Waals surface area contributed by atoms with Crippen LogP contribution in [0.15, 0.2) is 78.9 Å². The van der Waals surface area contributed by atoms with E-state index in [1.807, 2.05) is 54.6 Å². The van der Waals surface area contributed by atoms with E-state index in [2.05, 4.69) is 24.3 Å². The number of fused-ring (bicyclic) bond motifs is 1. The summed E-state index contributed by atoms with van der Waals surface area (Å²) < 4.78 is 21.9. The van der Waals surface area contributed by atoms with Crippen LogP contribution in [0.4, 0.5) is 5.69 Å². The van der Waals surface area contributed by atoms with Crippen molar-refractivity contribution in [3.8, 4) is 23.0 Å². The van der Waals surface area contributed by atoms with E-state index in [0.717, 1.165) is 27.6 Å². The molecule has 35 heavy (non-hydrogen) atoms. The number of anilines is 1. The lowest BCUT2D eigenvalue weighted by Crippen LogP contribution is -2.53. The van der Waals surface area contributed by atoms with Gasteiger partial charge in [0, 0.05) is 12.1 Å². The zero-order chi connectivity index (χ0) is 24.5. The van der Waals surface area contributed by atoms with Crippen molar-refractivity contribution in [3.05, 3.63) is 90.0 Å². The lowest BCUT2D eigenvalue weighted by atomic mass is 9.77. The molecule has 6 heteroatoms. The van der Waals surface area contributed by atoms with Crippen molar-refractivity contribution < 1.29 is 23.7 Å². The van der Waals surface area contributed by atoms with Gasteiger partial charge in [-0.05, 0) is 34.0 Å². The summed E-state index contributed by atoms with van der Waals surface area (Å²) in [5, 5.41) is 2.25. The average Bonchev–Trinajstić information content (AvgIpc) is 2.91. The quantitative estimate of drug-likeness (QED) is 0.323. The van der Waals surface area contributed by atoms with E-state index >= 15 is 0 Å². The second-order valence-electron chi connectivity index (χ2n) is 8.39. The highest BCUT2D eigenvalue weighted by atomic mass is 16.5. The molecule has 1 aliphatic rings. The molecular weight excluding hydrogens is 442 g/mol. The van der Waals surface area contributed by atoms with Gasteiger partial charge in [-0.15, -0.1) is 0 Å². The predicted octanol–water partition coefficient (Wildman–Crippen LogP) is 5.75. The van der Waals surface area contributed by atoms with Gasteiger partial charge in [-0.25, -0.2) is 0 Å². The molecule has 0 bridgehead atoms. The Morgan fingerprint density at radius 1 is 0.657 bits per heavy atom. The first-order valence-corrected chi connectivity index (χ1v) is 11.3. The minimum Gasteiger partial charge on any atom is -0.497 e. The maximum atomic E-state index is 13.7. The molecule has 4 aromatic rings. The highest BCUT2D eigenvalue weighted by Crippen LogP contribution is 2.52. The molecule has 4 aromatic carbocycles. The largest absolute Gasteiger partial charge is 0.497 e. The Labute approximate surface area is 204 Å². The molecule has 0 radical (unpaired) electrons. The standard InChI is InChI=1S/C29H27NO5/c1-32-23-13-11-19(12-14-23)27-26(21-10-9-18-7-5-6-8-20(18)15-21)29(31)30(27)22-16-24(33-2)28(35-4)25(17-22)34-3/h5-17,26-27H,1-4H3/t26?,27-/m1/s1. The van der Waals surface area contributed by atoms with Gasteiger partial charge in [0.1, 0.15) is 5.75 Å². The van der Waals surface area contributed by atoms with Crippen LogP contribution in [0, 0.1) is 0 Å². The van der Waals surface area contributed by atoms with Crippen LogP contribution < -0.4 is 23.8 Å². The monoisotopic (exact) mass is 469 g/mol. The van der Waals surface area contributed by atoms with Gasteiger partial charge in [0.25, 0.3) is 0 Å². The lowest BCUT2D eigenvalue weighted by molar-refractivity contribution is -0.126. The van der Waals surface area contributed by atoms with E-state index < -0.39 is 0 Å². The zero-order valence-corrected chi connectivity index (χ0v) is 20.1. The van der Waals surface area contributed by atoms with Gasteiger partial charge in [-0.2, -0.15) is 0 Å². The van der Waals surface area contributed by atoms with Crippen LogP contribution in [-0.2, 0) is 4.79 Å². The molecule has 0 aromatic heterocycles. The zero-order valence-electron chi connectivity index (χ0n) is 20.1. The normalized spacial score (nSPS) is 17.1. The number of methoxy groups -OCH3 is 4. The average molecular weight is 470 g/mol. The summed E-state index contributed by atoms with van der Waals surface area (Å²) in [7, 11) is 6.34. The van der Waals surface area contributed by atoms with Crippen molar-refractivity contribution in [1.29, 1.82) is 0 Å². The molecule has 1 heterocycles. The van der Waals surface area contributed by atoms with Gasteiger partial charge in [0.05, 0.1) is 46.1 Å². The Morgan fingerprint density at radius 2 is 1.29 bits per heavy atom. The molecule has 0 N–H and O–H groups in total. The SMILES string of the molecule is COc1ccc([C@@H]2C(c3ccc4ccccc4c3)C(=O)N2c2cc(OC)c(OC)c(OC)c2)cc1. The van der Waals surface area contributed by atoms with Crippen LogP contribution >= 0.6 is 0 Å². The maximum Gasteiger partial charge on any atom is 0.237 e. The number of nitrogens with zero attached hydrogens (tertiary/aromatic N) is 1. The van der Waals surface area contributed by atoms with Crippen molar-refractivity contribution in [1.82, 2.24) is 0 Å². The smallest absolute Gasteiger partial charge is 0.237 e. The van der Waals surface area contributed by atoms with Gasteiger partial charge < -0.3 is 23.8 Å². The summed E-state index contributed by atoms with van der Waals surface area (Å²) in [6.45, 7) is 0. The number of β-lactam (4-membered cyclic amide) rings is 1. The van der Waals surface area contributed by atoms with Gasteiger partial charge in [0.15, 0.2) is 11.5 Å². The number of carbonyl (C=O) groups excluding carboxylic acids is 1. The molecule has 0 saturated carbocycles. The Balaban J connectivity index is 1.62. The summed E-state index contributed by atoms with van der Waals surface area (Å²) in [6.07, 6.45) is 0. The molecule has 5 rings (SSSR count). The first-order chi connectivity index (χ1) is 17.1. The molecule has 1 saturated heterocycles. The number of amides is 1. The molecule has 1 unspecified atom stereocenters. The first kappa shape index (κ1) is 22.6. The summed E-state index contributed by atoms with van der Waals surface area (Å²) in [5.74, 6) is 1.93. The van der Waals surface area contributed by atoms with Crippen molar-refractivity contribution in [2.45, 2.75) is 12.0 Å². The lowest BCUT2D eigenvalue weighted by Gasteiger charge is -2.48. The summed E-state index contributed by atoms with van der Waals surface area (Å²) in [4.78, 5) is 15.5. The second-order valence-corrected chi connectivity index (χ2v) is 8.39. The van der Waals surface area contributed by atoms with Gasteiger partial charge >= 0.3 is 0 Å². The van der Waals surface area contributed by atoms with Crippen LogP contribution in [0.1, 0.15) is 23.1 Å². The number of rotatable bonds is 7. The number of carbonyl (C=O) groups is 1. The number of hydrogen-bond acceptors (Lipinski definition) is 5. The fraction of sp³-hybridized carbons (Fsp3) is 0.207. The summed E-state index contributed by atoms with van der Waals surface area (Å²) in [5.41, 5.74) is 2.68. The van der Waals surface area contributed by atoms with Crippen LogP contribution in [-0.4, -0.2) is 34.3 Å². The van der Waals surface area contributed by atoms with E-state index in [0.29, 0.717) is 22.9 Å². The topological polar surface area (TPSA) is 57.2 Å². The van der Waals surface area contributed by atoms with Crippen molar-refractivity contribution in [2.75, 3.05) is 33.3 Å². The van der Waals surface area contributed by atoms with Gasteiger partial charge in [0.2, 0.25) is 11.7 Å². The Kier molecular flexibility index (Phi) is 5.95. The van der Waals surface area contributed by atoms with Crippen LogP contribution in [0.25, 0.3) is 10.8 Å².